The van der Waals surface area contributed by atoms with Crippen LogP contribution >= 0.6 is 0 Å². The lowest BCUT2D eigenvalue weighted by Crippen LogP contribution is -2.04. The summed E-state index contributed by atoms with van der Waals surface area (Å²) in [5.74, 6) is 0. The molecule has 6 nitrogen and oxygen atoms in total. The quantitative estimate of drug-likeness (QED) is 0.353. The Kier molecular flexibility index (Phi) is 6.18. The van der Waals surface area contributed by atoms with Gasteiger partial charge in [-0.05, 0) is 0 Å². The van der Waals surface area contributed by atoms with Gasteiger partial charge in [-0.25, -0.2) is 8.42 Å². The Bertz CT molecular complexity index is 203. The zero-order valence-corrected chi connectivity index (χ0v) is 6.22. The van der Waals surface area contributed by atoms with Crippen molar-refractivity contribution in [2.24, 2.45) is 0 Å². The van der Waals surface area contributed by atoms with Crippen molar-refractivity contribution in [1.82, 2.24) is 6.15 Å². The third-order valence-corrected chi connectivity index (χ3v) is 0.897. The Labute approximate surface area is 58.9 Å². The van der Waals surface area contributed by atoms with Gasteiger partial charge >= 0.3 is 0 Å². The molecule has 7 heteroatoms. The van der Waals surface area contributed by atoms with Gasteiger partial charge in [-0.1, -0.05) is 0 Å². The van der Waals surface area contributed by atoms with E-state index in [1.54, 1.807) is 6.07 Å². The molecular formula is C3H8N2O4S. The largest absolute Gasteiger partial charge is 0.726 e. The van der Waals surface area contributed by atoms with E-state index < -0.39 is 10.4 Å². The van der Waals surface area contributed by atoms with Gasteiger partial charge in [0.05, 0.1) is 19.1 Å². The van der Waals surface area contributed by atoms with Crippen molar-refractivity contribution in [2.75, 3.05) is 6.61 Å². The Morgan fingerprint density at radius 3 is 2.40 bits per heavy atom. The zero-order valence-electron chi connectivity index (χ0n) is 5.40. The molecule has 0 bridgehead atoms. The highest BCUT2D eigenvalue weighted by molar-refractivity contribution is 7.80. The number of rotatable bonds is 3. The van der Waals surface area contributed by atoms with E-state index in [4.69, 9.17) is 5.26 Å². The number of hydrogen-bond donors (Lipinski definition) is 1. The maximum atomic E-state index is 9.62. The minimum Gasteiger partial charge on any atom is -0.726 e. The number of nitrogens with zero attached hydrogens (tertiary/aromatic N) is 1. The number of quaternary nitrogens is 1. The van der Waals surface area contributed by atoms with Crippen LogP contribution in [-0.4, -0.2) is 19.6 Å². The fourth-order valence-corrected chi connectivity index (χ4v) is 0.477. The maximum absolute atomic E-state index is 9.62. The molecule has 60 valence electrons. The van der Waals surface area contributed by atoms with Crippen molar-refractivity contribution in [3.05, 3.63) is 0 Å². The third kappa shape index (κ3) is 10.3. The Morgan fingerprint density at radius 1 is 1.60 bits per heavy atom. The molecule has 0 spiro atoms. The second-order valence-corrected chi connectivity index (χ2v) is 2.19. The summed E-state index contributed by atoms with van der Waals surface area (Å²) in [6.45, 7) is -0.359. The fraction of sp³-hybridized carbons (Fsp3) is 0.667. The summed E-state index contributed by atoms with van der Waals surface area (Å²) in [6.07, 6.45) is -0.0958. The Morgan fingerprint density at radius 2 is 2.10 bits per heavy atom. The van der Waals surface area contributed by atoms with Crippen LogP contribution in [0, 0.1) is 11.3 Å². The zero-order chi connectivity index (χ0) is 7.33. The summed E-state index contributed by atoms with van der Waals surface area (Å²) in [7, 11) is -4.60. The molecule has 0 aromatic rings. The number of nitriles is 1. The van der Waals surface area contributed by atoms with E-state index in [9.17, 15) is 13.0 Å². The highest BCUT2D eigenvalue weighted by Crippen LogP contribution is 1.86. The second-order valence-electron chi connectivity index (χ2n) is 1.14. The average Bonchev–Trinajstić information content (AvgIpc) is 1.63. The van der Waals surface area contributed by atoms with Crippen molar-refractivity contribution in [3.63, 3.8) is 0 Å². The molecule has 0 aliphatic heterocycles. The van der Waals surface area contributed by atoms with Crippen LogP contribution in [0.15, 0.2) is 0 Å². The SMILES string of the molecule is N#CCCOS(=O)(=O)[O-].[NH4+]. The summed E-state index contributed by atoms with van der Waals surface area (Å²) in [6, 6.07) is 1.61. The Hall–Kier alpha value is -0.680. The van der Waals surface area contributed by atoms with Crippen molar-refractivity contribution in [2.45, 2.75) is 6.42 Å². The molecule has 0 amide bonds. The van der Waals surface area contributed by atoms with Crippen LogP contribution in [0.25, 0.3) is 0 Å². The molecule has 0 heterocycles. The van der Waals surface area contributed by atoms with Gasteiger partial charge in [-0.3, -0.25) is 4.18 Å². The molecule has 0 fully saturated rings. The standard InChI is InChI=1S/C3H5NO4S.H3N/c4-2-1-3-8-9(5,6)7;/h1,3H2,(H,5,6,7);1H3. The molecule has 0 radical (unpaired) electrons. The first kappa shape index (κ1) is 12.0. The topological polar surface area (TPSA) is 127 Å². The number of hydrogen-bond acceptors (Lipinski definition) is 5. The predicted octanol–water partition coefficient (Wildman–Crippen LogP) is -0.247. The maximum Gasteiger partial charge on any atom is 0.217 e. The van der Waals surface area contributed by atoms with Crippen molar-refractivity contribution < 1.29 is 17.2 Å². The van der Waals surface area contributed by atoms with Crippen LogP contribution < -0.4 is 6.15 Å². The van der Waals surface area contributed by atoms with E-state index in [2.05, 4.69) is 4.18 Å². The van der Waals surface area contributed by atoms with Crippen LogP contribution in [0.2, 0.25) is 0 Å². The van der Waals surface area contributed by atoms with Gasteiger partial charge in [0, 0.05) is 0 Å². The third-order valence-electron chi connectivity index (χ3n) is 0.442. The molecule has 0 saturated carbocycles. The first-order valence-corrected chi connectivity index (χ1v) is 3.37. The second kappa shape index (κ2) is 5.13. The van der Waals surface area contributed by atoms with E-state index in [1.807, 2.05) is 0 Å². The van der Waals surface area contributed by atoms with E-state index in [0.717, 1.165) is 0 Å². The van der Waals surface area contributed by atoms with Crippen molar-refractivity contribution in [1.29, 1.82) is 5.26 Å². The molecule has 10 heavy (non-hydrogen) atoms. The Balaban J connectivity index is 0. The lowest BCUT2D eigenvalue weighted by atomic mass is 10.5. The van der Waals surface area contributed by atoms with Crippen molar-refractivity contribution >= 4 is 10.4 Å². The van der Waals surface area contributed by atoms with Gasteiger partial charge < -0.3 is 10.7 Å². The average molecular weight is 168 g/mol. The summed E-state index contributed by atoms with van der Waals surface area (Å²) < 4.78 is 32.5. The van der Waals surface area contributed by atoms with Crippen molar-refractivity contribution in [3.8, 4) is 6.07 Å². The van der Waals surface area contributed by atoms with Crippen LogP contribution in [0.5, 0.6) is 0 Å². The van der Waals surface area contributed by atoms with E-state index in [1.165, 1.54) is 0 Å². The fourth-order valence-electron chi connectivity index (χ4n) is 0.189. The molecule has 0 atom stereocenters. The molecule has 0 aromatic carbocycles. The highest BCUT2D eigenvalue weighted by Gasteiger charge is 1.91. The highest BCUT2D eigenvalue weighted by atomic mass is 32.3. The minimum absolute atomic E-state index is 0. The lowest BCUT2D eigenvalue weighted by molar-refractivity contribution is 0.267. The van der Waals surface area contributed by atoms with Gasteiger partial charge in [-0.15, -0.1) is 0 Å². The smallest absolute Gasteiger partial charge is 0.217 e. The van der Waals surface area contributed by atoms with Crippen LogP contribution in [-0.2, 0) is 14.6 Å². The lowest BCUT2D eigenvalue weighted by Gasteiger charge is -2.03. The molecule has 0 aliphatic rings. The van der Waals surface area contributed by atoms with Gasteiger partial charge in [0.1, 0.15) is 0 Å². The van der Waals surface area contributed by atoms with Gasteiger partial charge in [0.15, 0.2) is 0 Å². The molecule has 0 aromatic heterocycles. The molecule has 0 saturated heterocycles. The summed E-state index contributed by atoms with van der Waals surface area (Å²) in [5.41, 5.74) is 0. The van der Waals surface area contributed by atoms with E-state index in [0.29, 0.717) is 0 Å². The van der Waals surface area contributed by atoms with E-state index >= 15 is 0 Å². The molecule has 0 unspecified atom stereocenters. The van der Waals surface area contributed by atoms with Crippen LogP contribution in [0.4, 0.5) is 0 Å². The predicted molar refractivity (Wildman–Crippen MR) is 31.9 cm³/mol. The first-order valence-electron chi connectivity index (χ1n) is 2.03. The summed E-state index contributed by atoms with van der Waals surface area (Å²) >= 11 is 0. The van der Waals surface area contributed by atoms with Crippen LogP contribution in [0.3, 0.4) is 0 Å². The van der Waals surface area contributed by atoms with Gasteiger partial charge in [-0.2, -0.15) is 5.26 Å². The van der Waals surface area contributed by atoms with Gasteiger partial charge in [0.2, 0.25) is 10.4 Å². The molecule has 0 rings (SSSR count). The summed E-state index contributed by atoms with van der Waals surface area (Å²) in [5, 5.41) is 7.84. The minimum atomic E-state index is -4.60. The first-order chi connectivity index (χ1) is 4.06. The molecule has 4 N–H and O–H groups in total. The summed E-state index contributed by atoms with van der Waals surface area (Å²) in [4.78, 5) is 0. The molecular weight excluding hydrogens is 160 g/mol. The van der Waals surface area contributed by atoms with E-state index in [-0.39, 0.29) is 19.2 Å². The normalized spacial score (nSPS) is 9.60. The van der Waals surface area contributed by atoms with Crippen LogP contribution in [0.1, 0.15) is 6.42 Å². The molecule has 0 aliphatic carbocycles. The van der Waals surface area contributed by atoms with Gasteiger partial charge in [0.25, 0.3) is 0 Å². The monoisotopic (exact) mass is 168 g/mol.